The normalized spacial score (nSPS) is 12.7. The number of hydrogen-bond donors (Lipinski definition) is 3. The molecule has 0 fully saturated rings. The number of rotatable bonds is 7. The fraction of sp³-hybridized carbons (Fsp3) is 0.182. The lowest BCUT2D eigenvalue weighted by atomic mass is 9.86. The maximum atomic E-state index is 11.5. The molecule has 3 heteroatoms. The van der Waals surface area contributed by atoms with Gasteiger partial charge in [-0.2, -0.15) is 0 Å². The van der Waals surface area contributed by atoms with Gasteiger partial charge >= 0.3 is 0 Å². The third-order valence-electron chi connectivity index (χ3n) is 4.49. The van der Waals surface area contributed by atoms with E-state index in [9.17, 15) is 10.2 Å². The molecule has 0 saturated heterocycles. The van der Waals surface area contributed by atoms with Gasteiger partial charge in [-0.3, -0.25) is 0 Å². The molecule has 0 aliphatic rings. The van der Waals surface area contributed by atoms with Crippen LogP contribution in [-0.2, 0) is 5.60 Å². The lowest BCUT2D eigenvalue weighted by Crippen LogP contribution is -2.41. The molecule has 1 atom stereocenters. The van der Waals surface area contributed by atoms with Gasteiger partial charge < -0.3 is 15.5 Å². The summed E-state index contributed by atoms with van der Waals surface area (Å²) in [5.74, 6) is 0. The lowest BCUT2D eigenvalue weighted by molar-refractivity contribution is 0.0728. The molecule has 3 N–H and O–H groups in total. The fourth-order valence-corrected chi connectivity index (χ4v) is 3.04. The van der Waals surface area contributed by atoms with Gasteiger partial charge in [0.1, 0.15) is 5.60 Å². The van der Waals surface area contributed by atoms with Gasteiger partial charge in [-0.05, 0) is 16.7 Å². The van der Waals surface area contributed by atoms with Crippen molar-refractivity contribution in [3.05, 3.63) is 108 Å². The molecule has 0 radical (unpaired) electrons. The summed E-state index contributed by atoms with van der Waals surface area (Å²) >= 11 is 0. The Balaban J connectivity index is 1.88. The minimum absolute atomic E-state index is 0.0380. The first-order chi connectivity index (χ1) is 12.2. The summed E-state index contributed by atoms with van der Waals surface area (Å²) in [4.78, 5) is 0. The molecule has 0 spiro atoms. The highest BCUT2D eigenvalue weighted by atomic mass is 16.3. The fourth-order valence-electron chi connectivity index (χ4n) is 3.04. The third-order valence-corrected chi connectivity index (χ3v) is 4.49. The molecule has 0 aliphatic heterocycles. The van der Waals surface area contributed by atoms with Gasteiger partial charge in [0.15, 0.2) is 0 Å². The zero-order valence-corrected chi connectivity index (χ0v) is 14.0. The Morgan fingerprint density at radius 1 is 0.720 bits per heavy atom. The second kappa shape index (κ2) is 8.08. The first-order valence-electron chi connectivity index (χ1n) is 8.46. The molecule has 0 amide bonds. The molecule has 3 aromatic carbocycles. The van der Waals surface area contributed by atoms with Crippen molar-refractivity contribution in [2.75, 3.05) is 13.2 Å². The van der Waals surface area contributed by atoms with E-state index < -0.39 is 5.60 Å². The minimum atomic E-state index is -1.18. The average Bonchev–Trinajstić information content (AvgIpc) is 2.70. The number of nitrogens with one attached hydrogen (secondary N) is 1. The first kappa shape index (κ1) is 17.4. The van der Waals surface area contributed by atoms with E-state index in [-0.39, 0.29) is 12.6 Å². The zero-order chi connectivity index (χ0) is 17.5. The minimum Gasteiger partial charge on any atom is -0.394 e. The Kier molecular flexibility index (Phi) is 5.61. The van der Waals surface area contributed by atoms with Crippen LogP contribution in [0.3, 0.4) is 0 Å². The highest BCUT2D eigenvalue weighted by Crippen LogP contribution is 2.29. The van der Waals surface area contributed by atoms with Crippen LogP contribution in [-0.4, -0.2) is 23.4 Å². The predicted octanol–water partition coefficient (Wildman–Crippen LogP) is 3.25. The van der Waals surface area contributed by atoms with Crippen molar-refractivity contribution in [1.29, 1.82) is 0 Å². The Labute approximate surface area is 148 Å². The van der Waals surface area contributed by atoms with E-state index in [2.05, 4.69) is 5.32 Å². The van der Waals surface area contributed by atoms with E-state index in [4.69, 9.17) is 0 Å². The van der Waals surface area contributed by atoms with Crippen molar-refractivity contribution in [2.45, 2.75) is 11.6 Å². The van der Waals surface area contributed by atoms with E-state index in [1.165, 1.54) is 0 Å². The molecule has 0 unspecified atom stereocenters. The van der Waals surface area contributed by atoms with E-state index in [0.717, 1.165) is 16.7 Å². The largest absolute Gasteiger partial charge is 0.394 e. The standard InChI is InChI=1S/C22H23NO2/c24-16-21(18-10-4-1-5-11-18)23-17-22(25,19-12-6-2-7-13-19)20-14-8-3-9-15-20/h1-15,21,23-25H,16-17H2/t21-/m0/s1. The molecule has 0 bridgehead atoms. The van der Waals surface area contributed by atoms with Crippen molar-refractivity contribution >= 4 is 0 Å². The second-order valence-electron chi connectivity index (χ2n) is 6.12. The van der Waals surface area contributed by atoms with Crippen molar-refractivity contribution in [2.24, 2.45) is 0 Å². The summed E-state index contributed by atoms with van der Waals surface area (Å²) in [6, 6.07) is 28.8. The van der Waals surface area contributed by atoms with Crippen LogP contribution in [0.1, 0.15) is 22.7 Å². The van der Waals surface area contributed by atoms with Crippen molar-refractivity contribution in [1.82, 2.24) is 5.32 Å². The maximum absolute atomic E-state index is 11.5. The van der Waals surface area contributed by atoms with Gasteiger partial charge in [-0.15, -0.1) is 0 Å². The highest BCUT2D eigenvalue weighted by molar-refractivity contribution is 5.36. The number of hydrogen-bond acceptors (Lipinski definition) is 3. The van der Waals surface area contributed by atoms with Crippen LogP contribution in [0, 0.1) is 0 Å². The molecule has 25 heavy (non-hydrogen) atoms. The van der Waals surface area contributed by atoms with E-state index >= 15 is 0 Å². The van der Waals surface area contributed by atoms with Crippen LogP contribution in [0.5, 0.6) is 0 Å². The molecule has 128 valence electrons. The first-order valence-corrected chi connectivity index (χ1v) is 8.46. The average molecular weight is 333 g/mol. The van der Waals surface area contributed by atoms with Gasteiger partial charge in [-0.1, -0.05) is 91.0 Å². The number of benzene rings is 3. The maximum Gasteiger partial charge on any atom is 0.127 e. The summed E-state index contributed by atoms with van der Waals surface area (Å²) in [5, 5.41) is 24.6. The molecular formula is C22H23NO2. The van der Waals surface area contributed by atoms with E-state index in [1.807, 2.05) is 91.0 Å². The van der Waals surface area contributed by atoms with Crippen molar-refractivity contribution < 1.29 is 10.2 Å². The van der Waals surface area contributed by atoms with Crippen LogP contribution in [0.15, 0.2) is 91.0 Å². The van der Waals surface area contributed by atoms with Gasteiger partial charge in [-0.25, -0.2) is 0 Å². The predicted molar refractivity (Wildman–Crippen MR) is 100 cm³/mol. The van der Waals surface area contributed by atoms with Gasteiger partial charge in [0.2, 0.25) is 0 Å². The molecule has 3 rings (SSSR count). The summed E-state index contributed by atoms with van der Waals surface area (Å²) in [7, 11) is 0. The van der Waals surface area contributed by atoms with E-state index in [0.29, 0.717) is 6.54 Å². The smallest absolute Gasteiger partial charge is 0.127 e. The van der Waals surface area contributed by atoms with Crippen molar-refractivity contribution in [3.8, 4) is 0 Å². The Bertz CT molecular complexity index is 720. The second-order valence-corrected chi connectivity index (χ2v) is 6.12. The molecule has 0 aromatic heterocycles. The van der Waals surface area contributed by atoms with Crippen LogP contribution in [0.4, 0.5) is 0 Å². The third kappa shape index (κ3) is 3.97. The van der Waals surface area contributed by atoms with Gasteiger partial charge in [0, 0.05) is 6.54 Å². The number of aliphatic hydroxyl groups excluding tert-OH is 1. The highest BCUT2D eigenvalue weighted by Gasteiger charge is 2.32. The van der Waals surface area contributed by atoms with Crippen LogP contribution >= 0.6 is 0 Å². The topological polar surface area (TPSA) is 52.5 Å². The Morgan fingerprint density at radius 3 is 1.60 bits per heavy atom. The molecule has 3 nitrogen and oxygen atoms in total. The molecular weight excluding hydrogens is 310 g/mol. The SMILES string of the molecule is OC[C@H](NCC(O)(c1ccccc1)c1ccccc1)c1ccccc1. The van der Waals surface area contributed by atoms with E-state index in [1.54, 1.807) is 0 Å². The quantitative estimate of drug-likeness (QED) is 0.622. The zero-order valence-electron chi connectivity index (χ0n) is 14.0. The summed E-state index contributed by atoms with van der Waals surface area (Å²) in [6.07, 6.45) is 0. The monoisotopic (exact) mass is 333 g/mol. The molecule has 3 aromatic rings. The number of aliphatic hydroxyl groups is 2. The Hall–Kier alpha value is -2.46. The molecule has 0 heterocycles. The summed E-state index contributed by atoms with van der Waals surface area (Å²) in [6.45, 7) is 0.255. The summed E-state index contributed by atoms with van der Waals surface area (Å²) < 4.78 is 0. The lowest BCUT2D eigenvalue weighted by Gasteiger charge is -2.31. The van der Waals surface area contributed by atoms with Crippen molar-refractivity contribution in [3.63, 3.8) is 0 Å². The van der Waals surface area contributed by atoms with Crippen LogP contribution in [0.2, 0.25) is 0 Å². The molecule has 0 aliphatic carbocycles. The van der Waals surface area contributed by atoms with Crippen LogP contribution < -0.4 is 5.32 Å². The van der Waals surface area contributed by atoms with Crippen LogP contribution in [0.25, 0.3) is 0 Å². The Morgan fingerprint density at radius 2 is 1.16 bits per heavy atom. The van der Waals surface area contributed by atoms with Gasteiger partial charge in [0.25, 0.3) is 0 Å². The van der Waals surface area contributed by atoms with Gasteiger partial charge in [0.05, 0.1) is 12.6 Å². The molecule has 0 saturated carbocycles. The summed E-state index contributed by atoms with van der Waals surface area (Å²) in [5.41, 5.74) is 1.45.